The van der Waals surface area contributed by atoms with Crippen LogP contribution in [-0.2, 0) is 11.2 Å². The van der Waals surface area contributed by atoms with Crippen LogP contribution in [0.4, 0.5) is 0 Å². The van der Waals surface area contributed by atoms with Gasteiger partial charge in [0, 0.05) is 32.0 Å². The van der Waals surface area contributed by atoms with Crippen molar-refractivity contribution in [2.45, 2.75) is 71.3 Å². The van der Waals surface area contributed by atoms with Gasteiger partial charge in [-0.05, 0) is 19.3 Å². The number of carbonyl (C=O) groups excluding carboxylic acids is 2. The zero-order valence-corrected chi connectivity index (χ0v) is 14.5. The van der Waals surface area contributed by atoms with Crippen LogP contribution in [-0.4, -0.2) is 30.1 Å². The van der Waals surface area contributed by atoms with E-state index in [0.717, 1.165) is 18.6 Å². The maximum Gasteiger partial charge on any atom is 0.273 e. The zero-order chi connectivity index (χ0) is 17.1. The Morgan fingerprint density at radius 3 is 2.48 bits per heavy atom. The first-order valence-electron chi connectivity index (χ1n) is 8.57. The van der Waals surface area contributed by atoms with Crippen LogP contribution >= 0.6 is 0 Å². The van der Waals surface area contributed by atoms with Crippen molar-refractivity contribution in [3.05, 3.63) is 17.5 Å². The quantitative estimate of drug-likeness (QED) is 0.872. The SMILES string of the molecule is CCCC(=O)NC1CCCCC1.CCc1cc(C(=O)NC)no1. The van der Waals surface area contributed by atoms with Crippen LogP contribution in [0.5, 0.6) is 0 Å². The number of carbonyl (C=O) groups is 2. The molecule has 0 aliphatic heterocycles. The van der Waals surface area contributed by atoms with E-state index in [0.29, 0.717) is 18.2 Å². The van der Waals surface area contributed by atoms with Crippen LogP contribution in [0.1, 0.15) is 75.0 Å². The summed E-state index contributed by atoms with van der Waals surface area (Å²) in [4.78, 5) is 22.1. The van der Waals surface area contributed by atoms with Crippen molar-refractivity contribution in [1.29, 1.82) is 0 Å². The first-order chi connectivity index (χ1) is 11.1. The molecule has 0 radical (unpaired) electrons. The molecule has 23 heavy (non-hydrogen) atoms. The summed E-state index contributed by atoms with van der Waals surface area (Å²) in [6.45, 7) is 3.98. The molecule has 2 N–H and O–H groups in total. The summed E-state index contributed by atoms with van der Waals surface area (Å²) in [5.74, 6) is 0.751. The van der Waals surface area contributed by atoms with Crippen LogP contribution in [0, 0.1) is 0 Å². The van der Waals surface area contributed by atoms with Gasteiger partial charge >= 0.3 is 0 Å². The van der Waals surface area contributed by atoms with Gasteiger partial charge in [0.1, 0.15) is 5.76 Å². The summed E-state index contributed by atoms with van der Waals surface area (Å²) >= 11 is 0. The summed E-state index contributed by atoms with van der Waals surface area (Å²) in [5.41, 5.74) is 0.337. The van der Waals surface area contributed by atoms with E-state index in [9.17, 15) is 9.59 Å². The Labute approximate surface area is 138 Å². The van der Waals surface area contributed by atoms with E-state index in [4.69, 9.17) is 4.52 Å². The second-order valence-corrected chi connectivity index (χ2v) is 5.76. The van der Waals surface area contributed by atoms with Crippen molar-refractivity contribution in [2.24, 2.45) is 0 Å². The third-order valence-electron chi connectivity index (χ3n) is 3.81. The van der Waals surface area contributed by atoms with E-state index >= 15 is 0 Å². The highest BCUT2D eigenvalue weighted by atomic mass is 16.5. The van der Waals surface area contributed by atoms with Gasteiger partial charge in [-0.25, -0.2) is 0 Å². The molecular weight excluding hydrogens is 294 g/mol. The molecule has 6 heteroatoms. The largest absolute Gasteiger partial charge is 0.361 e. The average Bonchev–Trinajstić information content (AvgIpc) is 3.05. The molecule has 0 aromatic carbocycles. The molecule has 1 heterocycles. The fourth-order valence-corrected chi connectivity index (χ4v) is 2.49. The second-order valence-electron chi connectivity index (χ2n) is 5.76. The minimum absolute atomic E-state index is 0.214. The minimum atomic E-state index is -0.214. The molecule has 0 bridgehead atoms. The van der Waals surface area contributed by atoms with E-state index in [2.05, 4.69) is 15.8 Å². The molecule has 2 amide bonds. The molecule has 0 saturated heterocycles. The molecule has 1 aromatic rings. The van der Waals surface area contributed by atoms with Crippen molar-refractivity contribution in [3.8, 4) is 0 Å². The summed E-state index contributed by atoms with van der Waals surface area (Å²) < 4.78 is 4.83. The maximum absolute atomic E-state index is 11.2. The molecule has 0 spiro atoms. The lowest BCUT2D eigenvalue weighted by atomic mass is 9.95. The van der Waals surface area contributed by atoms with E-state index in [1.165, 1.54) is 32.1 Å². The normalized spacial score (nSPS) is 14.6. The number of hydrogen-bond donors (Lipinski definition) is 2. The number of nitrogens with zero attached hydrogens (tertiary/aromatic N) is 1. The Bertz CT molecular complexity index is 479. The zero-order valence-electron chi connectivity index (χ0n) is 14.5. The van der Waals surface area contributed by atoms with E-state index in [1.54, 1.807) is 13.1 Å². The van der Waals surface area contributed by atoms with Gasteiger partial charge in [-0.2, -0.15) is 0 Å². The molecular formula is C17H29N3O3. The summed E-state index contributed by atoms with van der Waals surface area (Å²) in [5, 5.41) is 9.11. The van der Waals surface area contributed by atoms with Crippen LogP contribution in [0.25, 0.3) is 0 Å². The van der Waals surface area contributed by atoms with E-state index < -0.39 is 0 Å². The standard InChI is InChI=1S/C10H19NO.C7H10N2O2/c1-2-6-10(12)11-9-7-4-3-5-8-9;1-3-5-4-6(9-11-5)7(10)8-2/h9H,2-8H2,1H3,(H,11,12);4H,3H2,1-2H3,(H,8,10). The van der Waals surface area contributed by atoms with Gasteiger partial charge in [0.25, 0.3) is 5.91 Å². The molecule has 130 valence electrons. The average molecular weight is 323 g/mol. The summed E-state index contributed by atoms with van der Waals surface area (Å²) in [7, 11) is 1.56. The number of nitrogens with one attached hydrogen (secondary N) is 2. The molecule has 1 saturated carbocycles. The fourth-order valence-electron chi connectivity index (χ4n) is 2.49. The number of rotatable bonds is 5. The predicted octanol–water partition coefficient (Wildman–Crippen LogP) is 2.83. The maximum atomic E-state index is 11.2. The number of aryl methyl sites for hydroxylation is 1. The molecule has 2 rings (SSSR count). The highest BCUT2D eigenvalue weighted by Crippen LogP contribution is 2.17. The van der Waals surface area contributed by atoms with Gasteiger partial charge in [0.2, 0.25) is 5.91 Å². The minimum Gasteiger partial charge on any atom is -0.361 e. The lowest BCUT2D eigenvalue weighted by Gasteiger charge is -2.22. The topological polar surface area (TPSA) is 84.2 Å². The first kappa shape index (κ1) is 19.2. The van der Waals surface area contributed by atoms with Gasteiger partial charge in [-0.15, -0.1) is 0 Å². The van der Waals surface area contributed by atoms with Crippen molar-refractivity contribution in [2.75, 3.05) is 7.05 Å². The third kappa shape index (κ3) is 7.30. The Balaban J connectivity index is 0.000000231. The van der Waals surface area contributed by atoms with Crippen LogP contribution in [0.3, 0.4) is 0 Å². The van der Waals surface area contributed by atoms with Crippen LogP contribution < -0.4 is 10.6 Å². The molecule has 6 nitrogen and oxygen atoms in total. The number of amides is 2. The highest BCUT2D eigenvalue weighted by molar-refractivity contribution is 5.91. The number of aromatic nitrogens is 1. The van der Waals surface area contributed by atoms with E-state index in [1.807, 2.05) is 13.8 Å². The summed E-state index contributed by atoms with van der Waals surface area (Å²) in [6, 6.07) is 2.12. The van der Waals surface area contributed by atoms with E-state index in [-0.39, 0.29) is 11.8 Å². The molecule has 1 aliphatic rings. The van der Waals surface area contributed by atoms with Crippen molar-refractivity contribution in [3.63, 3.8) is 0 Å². The summed E-state index contributed by atoms with van der Waals surface area (Å²) in [6.07, 6.45) is 8.71. The molecule has 0 atom stereocenters. The van der Waals surface area contributed by atoms with Crippen molar-refractivity contribution >= 4 is 11.8 Å². The highest BCUT2D eigenvalue weighted by Gasteiger charge is 2.14. The molecule has 0 unspecified atom stereocenters. The Hall–Kier alpha value is -1.85. The number of hydrogen-bond acceptors (Lipinski definition) is 4. The monoisotopic (exact) mass is 323 g/mol. The molecule has 1 fully saturated rings. The van der Waals surface area contributed by atoms with Crippen LogP contribution in [0.15, 0.2) is 10.6 Å². The van der Waals surface area contributed by atoms with Gasteiger partial charge in [-0.1, -0.05) is 38.3 Å². The van der Waals surface area contributed by atoms with Gasteiger partial charge in [0.15, 0.2) is 5.69 Å². The lowest BCUT2D eigenvalue weighted by molar-refractivity contribution is -0.122. The Morgan fingerprint density at radius 1 is 1.26 bits per heavy atom. The van der Waals surface area contributed by atoms with Gasteiger partial charge < -0.3 is 15.2 Å². The third-order valence-corrected chi connectivity index (χ3v) is 3.81. The predicted molar refractivity (Wildman–Crippen MR) is 89.2 cm³/mol. The lowest BCUT2D eigenvalue weighted by Crippen LogP contribution is -2.35. The van der Waals surface area contributed by atoms with Crippen LogP contribution in [0.2, 0.25) is 0 Å². The Kier molecular flexibility index (Phi) is 9.02. The first-order valence-corrected chi connectivity index (χ1v) is 8.57. The molecule has 1 aromatic heterocycles. The smallest absolute Gasteiger partial charge is 0.273 e. The van der Waals surface area contributed by atoms with Crippen molar-refractivity contribution in [1.82, 2.24) is 15.8 Å². The van der Waals surface area contributed by atoms with Gasteiger partial charge in [-0.3, -0.25) is 9.59 Å². The van der Waals surface area contributed by atoms with Crippen molar-refractivity contribution < 1.29 is 14.1 Å². The molecule has 1 aliphatic carbocycles. The Morgan fingerprint density at radius 2 is 1.96 bits per heavy atom. The second kappa shape index (κ2) is 10.8. The van der Waals surface area contributed by atoms with Gasteiger partial charge in [0.05, 0.1) is 0 Å². The fraction of sp³-hybridized carbons (Fsp3) is 0.706.